The Hall–Kier alpha value is -1.13. The smallest absolute Gasteiger partial charge is 0.126 e. The van der Waals surface area contributed by atoms with E-state index in [0.717, 1.165) is 44.1 Å². The van der Waals surface area contributed by atoms with Gasteiger partial charge in [0.2, 0.25) is 0 Å². The highest BCUT2D eigenvalue weighted by molar-refractivity contribution is 5.34. The average molecular weight is 263 g/mol. The topological polar surface area (TPSA) is 37.4 Å². The number of anilines is 1. The number of nitrogens with zero attached hydrogens (tertiary/aromatic N) is 2. The summed E-state index contributed by atoms with van der Waals surface area (Å²) < 4.78 is 5.63. The van der Waals surface area contributed by atoms with Gasteiger partial charge in [0.25, 0.3) is 0 Å². The molecule has 1 saturated heterocycles. The maximum absolute atomic E-state index is 5.63. The molecular weight excluding hydrogens is 238 g/mol. The molecule has 0 saturated carbocycles. The molecule has 106 valence electrons. The Morgan fingerprint density at radius 2 is 2.32 bits per heavy atom. The molecule has 1 fully saturated rings. The molecule has 1 aliphatic heterocycles. The fourth-order valence-corrected chi connectivity index (χ4v) is 2.69. The number of methoxy groups -OCH3 is 1. The third kappa shape index (κ3) is 3.91. The second-order valence-corrected chi connectivity index (χ2v) is 5.51. The van der Waals surface area contributed by atoms with Crippen LogP contribution in [-0.4, -0.2) is 42.2 Å². The molecule has 0 radical (unpaired) electrons. The van der Waals surface area contributed by atoms with Gasteiger partial charge in [-0.25, -0.2) is 4.98 Å². The molecular formula is C15H25N3O. The van der Waals surface area contributed by atoms with E-state index in [1.165, 1.54) is 6.42 Å². The number of piperidine rings is 1. The summed E-state index contributed by atoms with van der Waals surface area (Å²) in [4.78, 5) is 7.07. The third-order valence-electron chi connectivity index (χ3n) is 3.78. The van der Waals surface area contributed by atoms with E-state index in [9.17, 15) is 0 Å². The number of rotatable bonds is 5. The average Bonchev–Trinajstić information content (AvgIpc) is 2.40. The Morgan fingerprint density at radius 1 is 1.47 bits per heavy atom. The van der Waals surface area contributed by atoms with E-state index in [1.54, 1.807) is 0 Å². The van der Waals surface area contributed by atoms with Crippen LogP contribution in [0.15, 0.2) is 18.2 Å². The molecule has 0 spiro atoms. The van der Waals surface area contributed by atoms with E-state index in [2.05, 4.69) is 41.2 Å². The van der Waals surface area contributed by atoms with Gasteiger partial charge in [0.05, 0.1) is 11.3 Å². The summed E-state index contributed by atoms with van der Waals surface area (Å²) in [6.07, 6.45) is 2.34. The summed E-state index contributed by atoms with van der Waals surface area (Å²) in [7, 11) is 1.81. The van der Waals surface area contributed by atoms with E-state index >= 15 is 0 Å². The summed E-state index contributed by atoms with van der Waals surface area (Å²) in [5.74, 6) is 0.964. The molecule has 1 aliphatic rings. The van der Waals surface area contributed by atoms with E-state index in [-0.39, 0.29) is 5.60 Å². The van der Waals surface area contributed by atoms with Crippen LogP contribution in [0.2, 0.25) is 0 Å². The van der Waals surface area contributed by atoms with E-state index in [0.29, 0.717) is 0 Å². The first-order valence-electron chi connectivity index (χ1n) is 7.12. The highest BCUT2D eigenvalue weighted by atomic mass is 16.5. The zero-order chi connectivity index (χ0) is 13.7. The van der Waals surface area contributed by atoms with Crippen molar-refractivity contribution < 1.29 is 4.74 Å². The van der Waals surface area contributed by atoms with Crippen LogP contribution in [0.4, 0.5) is 5.82 Å². The fourth-order valence-electron chi connectivity index (χ4n) is 2.69. The number of hydrogen-bond donors (Lipinski definition) is 1. The number of aromatic nitrogens is 1. The molecule has 0 amide bonds. The van der Waals surface area contributed by atoms with Gasteiger partial charge in [-0.2, -0.15) is 0 Å². The maximum Gasteiger partial charge on any atom is 0.126 e. The molecule has 1 aromatic rings. The maximum atomic E-state index is 5.63. The van der Waals surface area contributed by atoms with Crippen LogP contribution in [-0.2, 0) is 11.3 Å². The Kier molecular flexibility index (Phi) is 4.77. The number of ether oxygens (including phenoxy) is 1. The second-order valence-electron chi connectivity index (χ2n) is 5.51. The summed E-state index contributed by atoms with van der Waals surface area (Å²) in [6, 6.07) is 6.18. The Bertz CT molecular complexity index is 410. The fraction of sp³-hybridized carbons (Fsp3) is 0.667. The molecule has 4 nitrogen and oxygen atoms in total. The van der Waals surface area contributed by atoms with E-state index in [1.807, 2.05) is 13.2 Å². The predicted molar refractivity (Wildman–Crippen MR) is 78.3 cm³/mol. The van der Waals surface area contributed by atoms with Gasteiger partial charge < -0.3 is 10.1 Å². The standard InChI is InChI=1S/C15H25N3O/c1-4-16-14-8-5-7-13(17-14)11-18-10-6-9-15(2,12-18)19-3/h5,7-8H,4,6,9-12H2,1-3H3,(H,16,17). The minimum atomic E-state index is -0.00245. The van der Waals surface area contributed by atoms with Gasteiger partial charge >= 0.3 is 0 Å². The molecule has 0 aromatic carbocycles. The summed E-state index contributed by atoms with van der Waals surface area (Å²) in [6.45, 7) is 8.20. The lowest BCUT2D eigenvalue weighted by Crippen LogP contribution is -2.46. The van der Waals surface area contributed by atoms with Crippen molar-refractivity contribution in [2.45, 2.75) is 38.8 Å². The van der Waals surface area contributed by atoms with Gasteiger partial charge in [0.15, 0.2) is 0 Å². The van der Waals surface area contributed by atoms with Crippen LogP contribution in [0.25, 0.3) is 0 Å². The molecule has 2 rings (SSSR count). The lowest BCUT2D eigenvalue weighted by Gasteiger charge is -2.39. The molecule has 1 atom stereocenters. The molecule has 19 heavy (non-hydrogen) atoms. The van der Waals surface area contributed by atoms with Crippen molar-refractivity contribution in [3.05, 3.63) is 23.9 Å². The van der Waals surface area contributed by atoms with Crippen molar-refractivity contribution in [3.63, 3.8) is 0 Å². The second kappa shape index (κ2) is 6.35. The third-order valence-corrected chi connectivity index (χ3v) is 3.78. The highest BCUT2D eigenvalue weighted by Crippen LogP contribution is 2.24. The number of hydrogen-bond acceptors (Lipinski definition) is 4. The minimum absolute atomic E-state index is 0.00245. The molecule has 1 aromatic heterocycles. The Morgan fingerprint density at radius 3 is 3.05 bits per heavy atom. The lowest BCUT2D eigenvalue weighted by molar-refractivity contribution is -0.0529. The SMILES string of the molecule is CCNc1cccc(CN2CCCC(C)(OC)C2)n1. The first-order chi connectivity index (χ1) is 9.15. The summed E-state index contributed by atoms with van der Waals surface area (Å²) in [5, 5.41) is 3.26. The van der Waals surface area contributed by atoms with Gasteiger partial charge in [0, 0.05) is 26.7 Å². The van der Waals surface area contributed by atoms with Gasteiger partial charge in [-0.3, -0.25) is 4.90 Å². The predicted octanol–water partition coefficient (Wildman–Crippen LogP) is 2.51. The molecule has 1 N–H and O–H groups in total. The Balaban J connectivity index is 1.98. The zero-order valence-corrected chi connectivity index (χ0v) is 12.3. The van der Waals surface area contributed by atoms with Crippen molar-refractivity contribution in [1.29, 1.82) is 0 Å². The molecule has 1 unspecified atom stereocenters. The first kappa shape index (κ1) is 14.3. The zero-order valence-electron chi connectivity index (χ0n) is 12.3. The number of nitrogens with one attached hydrogen (secondary N) is 1. The van der Waals surface area contributed by atoms with Gasteiger partial charge in [0.1, 0.15) is 5.82 Å². The van der Waals surface area contributed by atoms with Crippen molar-refractivity contribution in [1.82, 2.24) is 9.88 Å². The minimum Gasteiger partial charge on any atom is -0.377 e. The van der Waals surface area contributed by atoms with Crippen molar-refractivity contribution in [2.75, 3.05) is 32.1 Å². The largest absolute Gasteiger partial charge is 0.377 e. The Labute approximate surface area is 116 Å². The van der Waals surface area contributed by atoms with Crippen LogP contribution >= 0.6 is 0 Å². The van der Waals surface area contributed by atoms with Crippen molar-refractivity contribution in [2.24, 2.45) is 0 Å². The van der Waals surface area contributed by atoms with E-state index < -0.39 is 0 Å². The van der Waals surface area contributed by atoms with Crippen LogP contribution in [0.3, 0.4) is 0 Å². The van der Waals surface area contributed by atoms with Crippen LogP contribution < -0.4 is 5.32 Å². The van der Waals surface area contributed by atoms with Crippen LogP contribution in [0.1, 0.15) is 32.4 Å². The summed E-state index contributed by atoms with van der Waals surface area (Å²) in [5.41, 5.74) is 1.12. The van der Waals surface area contributed by atoms with Crippen molar-refractivity contribution in [3.8, 4) is 0 Å². The van der Waals surface area contributed by atoms with Crippen LogP contribution in [0, 0.1) is 0 Å². The summed E-state index contributed by atoms with van der Waals surface area (Å²) >= 11 is 0. The van der Waals surface area contributed by atoms with Crippen LogP contribution in [0.5, 0.6) is 0 Å². The van der Waals surface area contributed by atoms with Gasteiger partial charge in [-0.1, -0.05) is 6.07 Å². The highest BCUT2D eigenvalue weighted by Gasteiger charge is 2.30. The van der Waals surface area contributed by atoms with Crippen molar-refractivity contribution >= 4 is 5.82 Å². The molecule has 0 aliphatic carbocycles. The number of likely N-dealkylation sites (tertiary alicyclic amines) is 1. The van der Waals surface area contributed by atoms with Gasteiger partial charge in [-0.15, -0.1) is 0 Å². The van der Waals surface area contributed by atoms with E-state index in [4.69, 9.17) is 4.74 Å². The normalized spacial score (nSPS) is 24.4. The first-order valence-corrected chi connectivity index (χ1v) is 7.12. The molecule has 2 heterocycles. The number of pyridine rings is 1. The van der Waals surface area contributed by atoms with Gasteiger partial charge in [-0.05, 0) is 45.4 Å². The molecule has 4 heteroatoms. The quantitative estimate of drug-likeness (QED) is 0.886. The monoisotopic (exact) mass is 263 g/mol. The molecule has 0 bridgehead atoms. The lowest BCUT2D eigenvalue weighted by atomic mass is 9.94.